The number of fused-ring (bicyclic) bond motifs is 1. The molecule has 0 aliphatic heterocycles. The summed E-state index contributed by atoms with van der Waals surface area (Å²) in [5.74, 6) is 0.797. The summed E-state index contributed by atoms with van der Waals surface area (Å²) in [7, 11) is 2.16. The first kappa shape index (κ1) is 9.95. The Hall–Kier alpha value is -1.24. The molecule has 1 saturated carbocycles. The van der Waals surface area contributed by atoms with Crippen molar-refractivity contribution in [2.24, 2.45) is 7.05 Å². The maximum absolute atomic E-state index is 2.33. The largest absolute Gasteiger partial charge is 0.350 e. The Labute approximate surface area is 97.1 Å². The number of hydrogen-bond acceptors (Lipinski definition) is 0. The second-order valence-electron chi connectivity index (χ2n) is 5.05. The standard InChI is InChI=1S/C15H19N/c1-16-11-10-13-8-5-9-14(15(13)16)12-6-3-2-4-7-12/h5,8-12H,2-4,6-7H2,1H3. The third-order valence-electron chi connectivity index (χ3n) is 3.97. The summed E-state index contributed by atoms with van der Waals surface area (Å²) < 4.78 is 2.28. The molecule has 1 heteroatoms. The average Bonchev–Trinajstić information content (AvgIpc) is 2.73. The van der Waals surface area contributed by atoms with Gasteiger partial charge in [-0.3, -0.25) is 0 Å². The summed E-state index contributed by atoms with van der Waals surface area (Å²) in [5.41, 5.74) is 3.03. The van der Waals surface area contributed by atoms with E-state index in [1.807, 2.05) is 0 Å². The lowest BCUT2D eigenvalue weighted by Gasteiger charge is -2.23. The molecule has 0 amide bonds. The van der Waals surface area contributed by atoms with Crippen molar-refractivity contribution in [2.75, 3.05) is 0 Å². The van der Waals surface area contributed by atoms with E-state index in [9.17, 15) is 0 Å². The Morgan fingerprint density at radius 1 is 1.06 bits per heavy atom. The van der Waals surface area contributed by atoms with E-state index in [4.69, 9.17) is 0 Å². The molecule has 16 heavy (non-hydrogen) atoms. The van der Waals surface area contributed by atoms with Gasteiger partial charge in [-0.2, -0.15) is 0 Å². The fraction of sp³-hybridized carbons (Fsp3) is 0.467. The van der Waals surface area contributed by atoms with Crippen LogP contribution in [0.4, 0.5) is 0 Å². The van der Waals surface area contributed by atoms with Crippen LogP contribution >= 0.6 is 0 Å². The van der Waals surface area contributed by atoms with Crippen molar-refractivity contribution >= 4 is 10.9 Å². The van der Waals surface area contributed by atoms with Crippen molar-refractivity contribution in [1.29, 1.82) is 0 Å². The number of aryl methyl sites for hydroxylation is 1. The molecule has 0 bridgehead atoms. The molecule has 0 unspecified atom stereocenters. The summed E-state index contributed by atoms with van der Waals surface area (Å²) >= 11 is 0. The normalized spacial score (nSPS) is 18.1. The van der Waals surface area contributed by atoms with Gasteiger partial charge in [-0.1, -0.05) is 37.5 Å². The van der Waals surface area contributed by atoms with Gasteiger partial charge >= 0.3 is 0 Å². The van der Waals surface area contributed by atoms with E-state index in [-0.39, 0.29) is 0 Å². The highest BCUT2D eigenvalue weighted by Gasteiger charge is 2.18. The molecule has 1 aromatic carbocycles. The maximum Gasteiger partial charge on any atom is 0.0513 e. The lowest BCUT2D eigenvalue weighted by Crippen LogP contribution is -2.06. The fourth-order valence-electron chi connectivity index (χ4n) is 3.13. The minimum atomic E-state index is 0.797. The van der Waals surface area contributed by atoms with Gasteiger partial charge in [0.15, 0.2) is 0 Å². The Morgan fingerprint density at radius 3 is 2.69 bits per heavy atom. The summed E-state index contributed by atoms with van der Waals surface area (Å²) in [6.07, 6.45) is 9.18. The number of rotatable bonds is 1. The second-order valence-corrected chi connectivity index (χ2v) is 5.05. The quantitative estimate of drug-likeness (QED) is 0.668. The zero-order chi connectivity index (χ0) is 11.0. The molecule has 0 spiro atoms. The summed E-state index contributed by atoms with van der Waals surface area (Å²) in [4.78, 5) is 0. The van der Waals surface area contributed by atoms with Gasteiger partial charge in [-0.15, -0.1) is 0 Å². The van der Waals surface area contributed by atoms with Crippen molar-refractivity contribution in [1.82, 2.24) is 4.57 Å². The highest BCUT2D eigenvalue weighted by atomic mass is 14.9. The van der Waals surface area contributed by atoms with Crippen LogP contribution < -0.4 is 0 Å². The van der Waals surface area contributed by atoms with Gasteiger partial charge in [-0.05, 0) is 35.8 Å². The molecule has 0 saturated heterocycles. The monoisotopic (exact) mass is 213 g/mol. The van der Waals surface area contributed by atoms with Crippen molar-refractivity contribution in [3.8, 4) is 0 Å². The molecule has 2 aromatic rings. The van der Waals surface area contributed by atoms with Crippen molar-refractivity contribution in [2.45, 2.75) is 38.0 Å². The minimum Gasteiger partial charge on any atom is -0.350 e. The number of benzene rings is 1. The molecule has 1 aromatic heterocycles. The van der Waals surface area contributed by atoms with Crippen LogP contribution in [0.25, 0.3) is 10.9 Å². The molecule has 1 fully saturated rings. The van der Waals surface area contributed by atoms with Crippen molar-refractivity contribution in [3.05, 3.63) is 36.0 Å². The van der Waals surface area contributed by atoms with Crippen LogP contribution in [-0.4, -0.2) is 4.57 Å². The van der Waals surface area contributed by atoms with Crippen LogP contribution in [0.5, 0.6) is 0 Å². The minimum absolute atomic E-state index is 0.797. The zero-order valence-electron chi connectivity index (χ0n) is 9.95. The van der Waals surface area contributed by atoms with Gasteiger partial charge < -0.3 is 4.57 Å². The first-order chi connectivity index (χ1) is 7.86. The molecule has 0 N–H and O–H groups in total. The molecule has 1 heterocycles. The van der Waals surface area contributed by atoms with Crippen LogP contribution in [0.2, 0.25) is 0 Å². The van der Waals surface area contributed by atoms with Crippen LogP contribution in [0.3, 0.4) is 0 Å². The molecule has 1 aliphatic carbocycles. The Balaban J connectivity index is 2.10. The van der Waals surface area contributed by atoms with E-state index >= 15 is 0 Å². The molecular weight excluding hydrogens is 194 g/mol. The maximum atomic E-state index is 2.33. The molecule has 1 nitrogen and oxygen atoms in total. The molecular formula is C15H19N. The second kappa shape index (κ2) is 3.97. The van der Waals surface area contributed by atoms with Gasteiger partial charge in [0.05, 0.1) is 5.52 Å². The third-order valence-corrected chi connectivity index (χ3v) is 3.97. The summed E-state index contributed by atoms with van der Waals surface area (Å²) in [6, 6.07) is 8.99. The molecule has 1 aliphatic rings. The SMILES string of the molecule is Cn1ccc2cccc(C3CCCCC3)c21. The predicted octanol–water partition coefficient (Wildman–Crippen LogP) is 4.23. The van der Waals surface area contributed by atoms with Crippen LogP contribution in [0.15, 0.2) is 30.5 Å². The Bertz CT molecular complexity index is 489. The van der Waals surface area contributed by atoms with Gasteiger partial charge in [0, 0.05) is 13.2 Å². The summed E-state index contributed by atoms with van der Waals surface area (Å²) in [6.45, 7) is 0. The number of para-hydroxylation sites is 1. The van der Waals surface area contributed by atoms with Gasteiger partial charge in [-0.25, -0.2) is 0 Å². The first-order valence-corrected chi connectivity index (χ1v) is 6.40. The highest BCUT2D eigenvalue weighted by molar-refractivity contribution is 5.83. The highest BCUT2D eigenvalue weighted by Crippen LogP contribution is 2.36. The van der Waals surface area contributed by atoms with E-state index in [1.165, 1.54) is 43.0 Å². The van der Waals surface area contributed by atoms with Gasteiger partial charge in [0.1, 0.15) is 0 Å². The predicted molar refractivity (Wildman–Crippen MR) is 68.7 cm³/mol. The number of aromatic nitrogens is 1. The van der Waals surface area contributed by atoms with Crippen molar-refractivity contribution < 1.29 is 0 Å². The molecule has 84 valence electrons. The van der Waals surface area contributed by atoms with Crippen LogP contribution in [0, 0.1) is 0 Å². The van der Waals surface area contributed by atoms with Gasteiger partial charge in [0.25, 0.3) is 0 Å². The Kier molecular flexibility index (Phi) is 2.47. The van der Waals surface area contributed by atoms with E-state index in [2.05, 4.69) is 42.1 Å². The zero-order valence-corrected chi connectivity index (χ0v) is 9.95. The van der Waals surface area contributed by atoms with Crippen LogP contribution in [0.1, 0.15) is 43.6 Å². The average molecular weight is 213 g/mol. The molecule has 0 atom stereocenters. The van der Waals surface area contributed by atoms with E-state index < -0.39 is 0 Å². The van der Waals surface area contributed by atoms with E-state index in [1.54, 1.807) is 5.56 Å². The lowest BCUT2D eigenvalue weighted by atomic mass is 9.83. The number of nitrogens with zero attached hydrogens (tertiary/aromatic N) is 1. The summed E-state index contributed by atoms with van der Waals surface area (Å²) in [5, 5.41) is 1.39. The fourth-order valence-corrected chi connectivity index (χ4v) is 3.13. The van der Waals surface area contributed by atoms with Crippen LogP contribution in [-0.2, 0) is 7.05 Å². The smallest absolute Gasteiger partial charge is 0.0513 e. The molecule has 0 radical (unpaired) electrons. The number of hydrogen-bond donors (Lipinski definition) is 0. The molecule has 3 rings (SSSR count). The Morgan fingerprint density at radius 2 is 1.88 bits per heavy atom. The van der Waals surface area contributed by atoms with Crippen molar-refractivity contribution in [3.63, 3.8) is 0 Å². The third kappa shape index (κ3) is 1.55. The van der Waals surface area contributed by atoms with E-state index in [0.29, 0.717) is 0 Å². The first-order valence-electron chi connectivity index (χ1n) is 6.40. The topological polar surface area (TPSA) is 4.93 Å². The lowest BCUT2D eigenvalue weighted by molar-refractivity contribution is 0.445. The van der Waals surface area contributed by atoms with Gasteiger partial charge in [0.2, 0.25) is 0 Å². The van der Waals surface area contributed by atoms with E-state index in [0.717, 1.165) is 5.92 Å².